The first-order valence-corrected chi connectivity index (χ1v) is 5.22. The highest BCUT2D eigenvalue weighted by Crippen LogP contribution is 2.28. The number of piperidine rings is 1. The lowest BCUT2D eigenvalue weighted by Crippen LogP contribution is -2.27. The van der Waals surface area contributed by atoms with Gasteiger partial charge in [0, 0.05) is 0 Å². The number of hydrogen-bond acceptors (Lipinski definition) is 2. The second-order valence-corrected chi connectivity index (χ2v) is 3.84. The van der Waals surface area contributed by atoms with E-state index in [-0.39, 0.29) is 5.56 Å². The van der Waals surface area contributed by atoms with Gasteiger partial charge in [0.05, 0.1) is 5.56 Å². The largest absolute Gasteiger partial charge is 0.317 e. The van der Waals surface area contributed by atoms with E-state index in [1.807, 2.05) is 12.1 Å². The van der Waals surface area contributed by atoms with Crippen molar-refractivity contribution in [3.05, 3.63) is 35.1 Å². The van der Waals surface area contributed by atoms with Crippen molar-refractivity contribution in [2.75, 3.05) is 13.1 Å². The number of nitrogens with zero attached hydrogens (tertiary/aromatic N) is 1. The van der Waals surface area contributed by atoms with E-state index >= 15 is 0 Å². The molecule has 2 nitrogen and oxygen atoms in total. The van der Waals surface area contributed by atoms with Gasteiger partial charge in [-0.25, -0.2) is 4.39 Å². The molecule has 0 unspecified atom stereocenters. The van der Waals surface area contributed by atoms with Gasteiger partial charge in [-0.2, -0.15) is 5.26 Å². The maximum atomic E-state index is 13.4. The van der Waals surface area contributed by atoms with E-state index in [1.165, 1.54) is 6.07 Å². The van der Waals surface area contributed by atoms with Crippen molar-refractivity contribution in [3.8, 4) is 6.07 Å². The molecule has 0 aliphatic carbocycles. The van der Waals surface area contributed by atoms with Gasteiger partial charge < -0.3 is 5.32 Å². The number of benzene rings is 1. The molecule has 78 valence electrons. The quantitative estimate of drug-likeness (QED) is 0.761. The Balaban J connectivity index is 2.34. The van der Waals surface area contributed by atoms with Crippen molar-refractivity contribution in [1.82, 2.24) is 5.32 Å². The van der Waals surface area contributed by atoms with E-state index in [0.29, 0.717) is 5.92 Å². The molecule has 1 aliphatic rings. The second kappa shape index (κ2) is 4.41. The maximum Gasteiger partial charge on any atom is 0.141 e. The molecule has 1 aromatic rings. The third-order valence-corrected chi connectivity index (χ3v) is 2.94. The van der Waals surface area contributed by atoms with Crippen molar-refractivity contribution in [3.63, 3.8) is 0 Å². The minimum atomic E-state index is -0.395. The minimum Gasteiger partial charge on any atom is -0.317 e. The molecule has 0 amide bonds. The van der Waals surface area contributed by atoms with Crippen LogP contribution in [-0.2, 0) is 0 Å². The van der Waals surface area contributed by atoms with Gasteiger partial charge in [-0.1, -0.05) is 12.1 Å². The van der Waals surface area contributed by atoms with E-state index in [2.05, 4.69) is 5.32 Å². The van der Waals surface area contributed by atoms with Gasteiger partial charge in [-0.3, -0.25) is 0 Å². The average molecular weight is 204 g/mol. The molecule has 0 radical (unpaired) electrons. The zero-order chi connectivity index (χ0) is 10.7. The first-order chi connectivity index (χ1) is 7.33. The molecule has 1 heterocycles. The summed E-state index contributed by atoms with van der Waals surface area (Å²) in [5.74, 6) is -0.0647. The summed E-state index contributed by atoms with van der Waals surface area (Å²) in [6, 6.07) is 6.88. The van der Waals surface area contributed by atoms with Gasteiger partial charge in [0.25, 0.3) is 0 Å². The molecule has 1 aromatic carbocycles. The van der Waals surface area contributed by atoms with Crippen LogP contribution in [0.15, 0.2) is 18.2 Å². The van der Waals surface area contributed by atoms with Crippen molar-refractivity contribution >= 4 is 0 Å². The van der Waals surface area contributed by atoms with Crippen molar-refractivity contribution in [1.29, 1.82) is 5.26 Å². The molecule has 1 saturated heterocycles. The number of rotatable bonds is 1. The smallest absolute Gasteiger partial charge is 0.141 e. The van der Waals surface area contributed by atoms with Crippen LogP contribution in [0.25, 0.3) is 0 Å². The molecule has 1 N–H and O–H groups in total. The SMILES string of the molecule is N#Cc1c(F)cccc1C1CCNCC1. The van der Waals surface area contributed by atoms with Crippen molar-refractivity contribution < 1.29 is 4.39 Å². The van der Waals surface area contributed by atoms with Crippen LogP contribution < -0.4 is 5.32 Å². The van der Waals surface area contributed by atoms with Crippen LogP contribution in [0, 0.1) is 17.1 Å². The van der Waals surface area contributed by atoms with Gasteiger partial charge in [0.1, 0.15) is 11.9 Å². The van der Waals surface area contributed by atoms with Gasteiger partial charge in [0.15, 0.2) is 0 Å². The molecular formula is C12H13FN2. The fourth-order valence-corrected chi connectivity index (χ4v) is 2.13. The lowest BCUT2D eigenvalue weighted by molar-refractivity contribution is 0.458. The third-order valence-electron chi connectivity index (χ3n) is 2.94. The van der Waals surface area contributed by atoms with E-state index in [4.69, 9.17) is 5.26 Å². The molecule has 1 fully saturated rings. The lowest BCUT2D eigenvalue weighted by Gasteiger charge is -2.23. The summed E-state index contributed by atoms with van der Waals surface area (Å²) in [7, 11) is 0. The Hall–Kier alpha value is -1.40. The summed E-state index contributed by atoms with van der Waals surface area (Å²) in [4.78, 5) is 0. The summed E-state index contributed by atoms with van der Waals surface area (Å²) in [5.41, 5.74) is 1.10. The molecular weight excluding hydrogens is 191 g/mol. The first kappa shape index (κ1) is 10.1. The fraction of sp³-hybridized carbons (Fsp3) is 0.417. The second-order valence-electron chi connectivity index (χ2n) is 3.84. The summed E-state index contributed by atoms with van der Waals surface area (Å²) in [6.45, 7) is 1.90. The van der Waals surface area contributed by atoms with Crippen LogP contribution in [0.1, 0.15) is 29.9 Å². The van der Waals surface area contributed by atoms with Crippen LogP contribution in [-0.4, -0.2) is 13.1 Å². The highest BCUT2D eigenvalue weighted by molar-refractivity contribution is 5.41. The maximum absolute atomic E-state index is 13.4. The number of nitriles is 1. The van der Waals surface area contributed by atoms with Crippen LogP contribution in [0.5, 0.6) is 0 Å². The number of nitrogens with one attached hydrogen (secondary N) is 1. The molecule has 0 saturated carbocycles. The van der Waals surface area contributed by atoms with Gasteiger partial charge in [-0.05, 0) is 43.5 Å². The van der Waals surface area contributed by atoms with Crippen LogP contribution in [0.2, 0.25) is 0 Å². The van der Waals surface area contributed by atoms with Crippen LogP contribution in [0.4, 0.5) is 4.39 Å². The minimum absolute atomic E-state index is 0.226. The van der Waals surface area contributed by atoms with Crippen LogP contribution in [0.3, 0.4) is 0 Å². The Morgan fingerprint density at radius 2 is 2.07 bits per heavy atom. The lowest BCUT2D eigenvalue weighted by atomic mass is 9.87. The van der Waals surface area contributed by atoms with Crippen LogP contribution >= 0.6 is 0 Å². The molecule has 2 rings (SSSR count). The summed E-state index contributed by atoms with van der Waals surface area (Å²) >= 11 is 0. The Morgan fingerprint density at radius 3 is 2.73 bits per heavy atom. The fourth-order valence-electron chi connectivity index (χ4n) is 2.13. The topological polar surface area (TPSA) is 35.8 Å². The van der Waals surface area contributed by atoms with Crippen molar-refractivity contribution in [2.24, 2.45) is 0 Å². The molecule has 0 spiro atoms. The summed E-state index contributed by atoms with van der Waals surface area (Å²) in [6.07, 6.45) is 1.97. The normalized spacial score (nSPS) is 17.3. The zero-order valence-electron chi connectivity index (χ0n) is 8.46. The molecule has 0 atom stereocenters. The van der Waals surface area contributed by atoms with Gasteiger partial charge in [0.2, 0.25) is 0 Å². The Morgan fingerprint density at radius 1 is 1.33 bits per heavy atom. The number of hydrogen-bond donors (Lipinski definition) is 1. The highest BCUT2D eigenvalue weighted by Gasteiger charge is 2.19. The Bertz CT molecular complexity index is 389. The Kier molecular flexibility index (Phi) is 2.98. The molecule has 0 aromatic heterocycles. The predicted molar refractivity (Wildman–Crippen MR) is 56.0 cm³/mol. The average Bonchev–Trinajstić information content (AvgIpc) is 2.30. The number of halogens is 1. The monoisotopic (exact) mass is 204 g/mol. The standard InChI is InChI=1S/C12H13FN2/c13-12-3-1-2-10(11(12)8-14)9-4-6-15-7-5-9/h1-3,9,15H,4-7H2. The van der Waals surface area contributed by atoms with E-state index in [1.54, 1.807) is 6.07 Å². The van der Waals surface area contributed by atoms with Gasteiger partial charge >= 0.3 is 0 Å². The van der Waals surface area contributed by atoms with E-state index < -0.39 is 5.82 Å². The highest BCUT2D eigenvalue weighted by atomic mass is 19.1. The molecule has 0 bridgehead atoms. The molecule has 15 heavy (non-hydrogen) atoms. The summed E-state index contributed by atoms with van der Waals surface area (Å²) in [5, 5.41) is 12.2. The van der Waals surface area contributed by atoms with E-state index in [9.17, 15) is 4.39 Å². The third kappa shape index (κ3) is 2.00. The predicted octanol–water partition coefficient (Wildman–Crippen LogP) is 2.16. The summed E-state index contributed by atoms with van der Waals surface area (Å²) < 4.78 is 13.4. The zero-order valence-corrected chi connectivity index (χ0v) is 8.46. The Labute approximate surface area is 88.7 Å². The van der Waals surface area contributed by atoms with Gasteiger partial charge in [-0.15, -0.1) is 0 Å². The first-order valence-electron chi connectivity index (χ1n) is 5.22. The molecule has 3 heteroatoms. The van der Waals surface area contributed by atoms with E-state index in [0.717, 1.165) is 31.5 Å². The van der Waals surface area contributed by atoms with Crippen molar-refractivity contribution in [2.45, 2.75) is 18.8 Å². The molecule has 1 aliphatic heterocycles.